The van der Waals surface area contributed by atoms with Crippen LogP contribution in [0.4, 0.5) is 17.1 Å². The summed E-state index contributed by atoms with van der Waals surface area (Å²) in [6, 6.07) is 19.2. The summed E-state index contributed by atoms with van der Waals surface area (Å²) in [4.78, 5) is 22.0. The SMILES string of the molecule is C=C(Nc1cccc(C)c1)N(CCCN1CCC(C)CC1)Cc1ccc(C(=O)Nc2ccccc2N)nc1. The van der Waals surface area contributed by atoms with E-state index in [1.807, 2.05) is 24.3 Å². The number of aromatic nitrogens is 1. The zero-order valence-corrected chi connectivity index (χ0v) is 22.6. The van der Waals surface area contributed by atoms with E-state index in [0.717, 1.165) is 42.5 Å². The van der Waals surface area contributed by atoms with Gasteiger partial charge in [-0.3, -0.25) is 9.78 Å². The zero-order valence-electron chi connectivity index (χ0n) is 22.6. The van der Waals surface area contributed by atoms with Gasteiger partial charge in [-0.15, -0.1) is 0 Å². The molecule has 1 aromatic heterocycles. The summed E-state index contributed by atoms with van der Waals surface area (Å²) in [6.07, 6.45) is 5.39. The Hall–Kier alpha value is -3.84. The van der Waals surface area contributed by atoms with Crippen LogP contribution in [-0.2, 0) is 6.54 Å². The quantitative estimate of drug-likeness (QED) is 0.284. The van der Waals surface area contributed by atoms with Crippen molar-refractivity contribution in [2.24, 2.45) is 5.92 Å². The van der Waals surface area contributed by atoms with E-state index in [2.05, 4.69) is 64.0 Å². The summed E-state index contributed by atoms with van der Waals surface area (Å²) in [5, 5.41) is 6.31. The molecule has 38 heavy (non-hydrogen) atoms. The van der Waals surface area contributed by atoms with Crippen molar-refractivity contribution < 1.29 is 4.79 Å². The first-order chi connectivity index (χ1) is 18.4. The Morgan fingerprint density at radius 1 is 1.11 bits per heavy atom. The summed E-state index contributed by atoms with van der Waals surface area (Å²) in [6.45, 7) is 13.8. The Balaban J connectivity index is 1.39. The fourth-order valence-corrected chi connectivity index (χ4v) is 4.72. The Bertz CT molecular complexity index is 1220. The normalized spacial score (nSPS) is 14.2. The number of hydrogen-bond acceptors (Lipinski definition) is 6. The molecule has 0 unspecified atom stereocenters. The number of para-hydroxylation sites is 2. The lowest BCUT2D eigenvalue weighted by Crippen LogP contribution is -2.35. The van der Waals surface area contributed by atoms with Gasteiger partial charge in [0.1, 0.15) is 5.69 Å². The number of piperidine rings is 1. The molecule has 1 fully saturated rings. The van der Waals surface area contributed by atoms with Crippen molar-refractivity contribution in [3.8, 4) is 0 Å². The van der Waals surface area contributed by atoms with E-state index in [1.165, 1.54) is 31.5 Å². The van der Waals surface area contributed by atoms with E-state index in [9.17, 15) is 4.79 Å². The van der Waals surface area contributed by atoms with Gasteiger partial charge in [0.25, 0.3) is 5.91 Å². The Labute approximate surface area is 226 Å². The molecule has 0 atom stereocenters. The third kappa shape index (κ3) is 7.83. The molecule has 3 aromatic rings. The minimum absolute atomic E-state index is 0.285. The number of pyridine rings is 1. The average Bonchev–Trinajstić information content (AvgIpc) is 2.91. The van der Waals surface area contributed by atoms with Crippen LogP contribution in [0, 0.1) is 12.8 Å². The molecular weight excluding hydrogens is 472 g/mol. The van der Waals surface area contributed by atoms with E-state index in [-0.39, 0.29) is 5.91 Å². The number of carbonyl (C=O) groups is 1. The van der Waals surface area contributed by atoms with Gasteiger partial charge < -0.3 is 26.2 Å². The molecule has 0 bridgehead atoms. The lowest BCUT2D eigenvalue weighted by Gasteiger charge is -2.32. The monoisotopic (exact) mass is 512 g/mol. The van der Waals surface area contributed by atoms with Gasteiger partial charge in [0.15, 0.2) is 0 Å². The lowest BCUT2D eigenvalue weighted by molar-refractivity contribution is 0.102. The first-order valence-electron chi connectivity index (χ1n) is 13.5. The number of carbonyl (C=O) groups excluding carboxylic acids is 1. The second-order valence-electron chi connectivity index (χ2n) is 10.3. The lowest BCUT2D eigenvalue weighted by atomic mass is 9.99. The number of rotatable bonds is 11. The van der Waals surface area contributed by atoms with Crippen LogP contribution in [0.25, 0.3) is 0 Å². The van der Waals surface area contributed by atoms with Crippen molar-refractivity contribution in [1.29, 1.82) is 0 Å². The molecule has 7 heteroatoms. The zero-order chi connectivity index (χ0) is 26.9. The maximum Gasteiger partial charge on any atom is 0.274 e. The Morgan fingerprint density at radius 3 is 2.61 bits per heavy atom. The Morgan fingerprint density at radius 2 is 1.89 bits per heavy atom. The minimum Gasteiger partial charge on any atom is -0.397 e. The van der Waals surface area contributed by atoms with Crippen molar-refractivity contribution in [2.45, 2.75) is 39.7 Å². The largest absolute Gasteiger partial charge is 0.397 e. The predicted molar refractivity (Wildman–Crippen MR) is 157 cm³/mol. The van der Waals surface area contributed by atoms with Crippen molar-refractivity contribution >= 4 is 23.0 Å². The molecule has 1 saturated heterocycles. The number of nitrogens with one attached hydrogen (secondary N) is 2. The Kier molecular flexibility index (Phi) is 9.38. The van der Waals surface area contributed by atoms with E-state index < -0.39 is 0 Å². The van der Waals surface area contributed by atoms with Crippen molar-refractivity contribution in [1.82, 2.24) is 14.8 Å². The van der Waals surface area contributed by atoms with Crippen molar-refractivity contribution in [3.63, 3.8) is 0 Å². The molecule has 4 N–H and O–H groups in total. The van der Waals surface area contributed by atoms with Crippen LogP contribution < -0.4 is 16.4 Å². The molecule has 1 aliphatic heterocycles. The number of aryl methyl sites for hydroxylation is 1. The molecule has 7 nitrogen and oxygen atoms in total. The molecule has 2 heterocycles. The van der Waals surface area contributed by atoms with E-state index in [4.69, 9.17) is 5.73 Å². The number of nitrogens with zero attached hydrogens (tertiary/aromatic N) is 3. The number of likely N-dealkylation sites (tertiary alicyclic amines) is 1. The van der Waals surface area contributed by atoms with E-state index >= 15 is 0 Å². The fraction of sp³-hybridized carbons (Fsp3) is 0.355. The number of anilines is 3. The molecule has 1 aliphatic rings. The average molecular weight is 513 g/mol. The van der Waals surface area contributed by atoms with Gasteiger partial charge in [0, 0.05) is 25.0 Å². The number of amides is 1. The second kappa shape index (κ2) is 13.1. The summed E-state index contributed by atoms with van der Waals surface area (Å²) >= 11 is 0. The van der Waals surface area contributed by atoms with Crippen molar-refractivity contribution in [2.75, 3.05) is 42.5 Å². The van der Waals surface area contributed by atoms with Gasteiger partial charge in [-0.2, -0.15) is 0 Å². The smallest absolute Gasteiger partial charge is 0.274 e. The molecule has 0 radical (unpaired) electrons. The van der Waals surface area contributed by atoms with Crippen LogP contribution in [0.5, 0.6) is 0 Å². The molecule has 4 rings (SSSR count). The molecule has 1 amide bonds. The highest BCUT2D eigenvalue weighted by Crippen LogP contribution is 2.20. The van der Waals surface area contributed by atoms with Crippen LogP contribution in [-0.4, -0.2) is 46.9 Å². The summed E-state index contributed by atoms with van der Waals surface area (Å²) in [5.74, 6) is 1.40. The van der Waals surface area contributed by atoms with Crippen LogP contribution in [0.15, 0.2) is 79.3 Å². The van der Waals surface area contributed by atoms with Crippen LogP contribution >= 0.6 is 0 Å². The van der Waals surface area contributed by atoms with Gasteiger partial charge in [-0.1, -0.05) is 43.8 Å². The minimum atomic E-state index is -0.285. The predicted octanol–water partition coefficient (Wildman–Crippen LogP) is 5.73. The van der Waals surface area contributed by atoms with Gasteiger partial charge in [-0.05, 0) is 93.2 Å². The van der Waals surface area contributed by atoms with Crippen LogP contribution in [0.2, 0.25) is 0 Å². The molecule has 200 valence electrons. The molecule has 2 aromatic carbocycles. The topological polar surface area (TPSA) is 86.5 Å². The first kappa shape index (κ1) is 27.2. The van der Waals surface area contributed by atoms with E-state index in [1.54, 1.807) is 24.4 Å². The van der Waals surface area contributed by atoms with Gasteiger partial charge in [-0.25, -0.2) is 0 Å². The summed E-state index contributed by atoms with van der Waals surface area (Å²) in [7, 11) is 0. The summed E-state index contributed by atoms with van der Waals surface area (Å²) < 4.78 is 0. The molecule has 0 aliphatic carbocycles. The van der Waals surface area contributed by atoms with Crippen LogP contribution in [0.1, 0.15) is 47.8 Å². The highest BCUT2D eigenvalue weighted by molar-refractivity contribution is 6.04. The molecule has 0 saturated carbocycles. The van der Waals surface area contributed by atoms with Gasteiger partial charge in [0.05, 0.1) is 17.2 Å². The van der Waals surface area contributed by atoms with E-state index in [0.29, 0.717) is 23.6 Å². The van der Waals surface area contributed by atoms with Gasteiger partial charge in [0.2, 0.25) is 0 Å². The highest BCUT2D eigenvalue weighted by Gasteiger charge is 2.17. The second-order valence-corrected chi connectivity index (χ2v) is 10.3. The molecule has 0 spiro atoms. The number of nitrogen functional groups attached to an aromatic ring is 1. The highest BCUT2D eigenvalue weighted by atomic mass is 16.1. The third-order valence-corrected chi connectivity index (χ3v) is 7.11. The summed E-state index contributed by atoms with van der Waals surface area (Å²) in [5.41, 5.74) is 10.6. The number of hydrogen-bond donors (Lipinski definition) is 3. The number of nitrogens with two attached hydrogens (primary N) is 1. The number of benzene rings is 2. The first-order valence-corrected chi connectivity index (χ1v) is 13.5. The maximum atomic E-state index is 12.7. The van der Waals surface area contributed by atoms with Gasteiger partial charge >= 0.3 is 0 Å². The van der Waals surface area contributed by atoms with Crippen molar-refractivity contribution in [3.05, 3.63) is 96.1 Å². The maximum absolute atomic E-state index is 12.7. The standard InChI is InChI=1S/C31H40N6O/c1-23-14-18-36(19-15-23)16-7-17-37(25(3)34-27-9-6-8-24(2)20-27)22-26-12-13-30(33-21-26)31(38)35-29-11-5-4-10-28(29)32/h4-6,8-13,20-21,23,34H,3,7,14-19,22,32H2,1-2H3,(H,35,38). The third-order valence-electron chi connectivity index (χ3n) is 7.11. The fourth-order valence-electron chi connectivity index (χ4n) is 4.72. The van der Waals surface area contributed by atoms with Crippen LogP contribution in [0.3, 0.4) is 0 Å². The molecular formula is C31H40N6O.